The van der Waals surface area contributed by atoms with E-state index < -0.39 is 11.9 Å². The van der Waals surface area contributed by atoms with Gasteiger partial charge in [-0.2, -0.15) is 0 Å². The molecule has 0 aromatic heterocycles. The lowest BCUT2D eigenvalue weighted by atomic mass is 9.97. The third-order valence-electron chi connectivity index (χ3n) is 2.94. The third-order valence-corrected chi connectivity index (χ3v) is 2.94. The third kappa shape index (κ3) is 6.97. The van der Waals surface area contributed by atoms with Crippen molar-refractivity contribution in [3.63, 3.8) is 0 Å². The molecule has 0 radical (unpaired) electrons. The molecule has 0 spiro atoms. The largest absolute Gasteiger partial charge is 0.481 e. The van der Waals surface area contributed by atoms with E-state index in [1.165, 1.54) is 0 Å². The fourth-order valence-corrected chi connectivity index (χ4v) is 1.78. The first-order chi connectivity index (χ1) is 8.02. The molecule has 0 aliphatic rings. The van der Waals surface area contributed by atoms with E-state index in [0.717, 1.165) is 25.7 Å². The van der Waals surface area contributed by atoms with Crippen LogP contribution in [0.25, 0.3) is 0 Å². The van der Waals surface area contributed by atoms with Gasteiger partial charge in [-0.3, -0.25) is 9.59 Å². The average molecular weight is 243 g/mol. The van der Waals surface area contributed by atoms with Gasteiger partial charge in [0, 0.05) is 12.5 Å². The summed E-state index contributed by atoms with van der Waals surface area (Å²) in [5.41, 5.74) is 0. The highest BCUT2D eigenvalue weighted by Gasteiger charge is 2.17. The van der Waals surface area contributed by atoms with Crippen molar-refractivity contribution >= 4 is 11.9 Å². The van der Waals surface area contributed by atoms with E-state index >= 15 is 0 Å². The molecular formula is C13H25NO3. The highest BCUT2D eigenvalue weighted by atomic mass is 16.4. The highest BCUT2D eigenvalue weighted by molar-refractivity contribution is 5.78. The van der Waals surface area contributed by atoms with E-state index in [-0.39, 0.29) is 11.8 Å². The second-order valence-corrected chi connectivity index (χ2v) is 4.59. The Bertz CT molecular complexity index is 235. The Morgan fingerprint density at radius 2 is 1.65 bits per heavy atom. The Morgan fingerprint density at radius 3 is 2.06 bits per heavy atom. The average Bonchev–Trinajstić information content (AvgIpc) is 2.28. The van der Waals surface area contributed by atoms with Crippen LogP contribution in [-0.4, -0.2) is 23.5 Å². The zero-order valence-electron chi connectivity index (χ0n) is 11.2. The number of hydrogen-bond acceptors (Lipinski definition) is 2. The quantitative estimate of drug-likeness (QED) is 0.653. The molecule has 0 aliphatic heterocycles. The van der Waals surface area contributed by atoms with Gasteiger partial charge in [0.05, 0.1) is 5.92 Å². The van der Waals surface area contributed by atoms with Crippen molar-refractivity contribution in [1.29, 1.82) is 0 Å². The summed E-state index contributed by atoms with van der Waals surface area (Å²) in [6.45, 7) is 6.26. The van der Waals surface area contributed by atoms with Crippen LogP contribution in [0.15, 0.2) is 0 Å². The second kappa shape index (κ2) is 9.02. The molecular weight excluding hydrogens is 218 g/mol. The number of carbonyl (C=O) groups excluding carboxylic acids is 1. The van der Waals surface area contributed by atoms with Gasteiger partial charge in [-0.05, 0) is 19.3 Å². The van der Waals surface area contributed by atoms with Crippen molar-refractivity contribution in [2.75, 3.05) is 6.54 Å². The number of amides is 1. The molecule has 0 aromatic carbocycles. The van der Waals surface area contributed by atoms with Gasteiger partial charge in [-0.25, -0.2) is 0 Å². The Morgan fingerprint density at radius 1 is 1.12 bits per heavy atom. The predicted octanol–water partition coefficient (Wildman–Crippen LogP) is 2.43. The molecule has 2 N–H and O–H groups in total. The van der Waals surface area contributed by atoms with E-state index in [1.807, 2.05) is 0 Å². The Labute approximate surface area is 104 Å². The van der Waals surface area contributed by atoms with Gasteiger partial charge in [0.15, 0.2) is 0 Å². The van der Waals surface area contributed by atoms with Crippen molar-refractivity contribution < 1.29 is 14.7 Å². The van der Waals surface area contributed by atoms with Crippen molar-refractivity contribution in [2.24, 2.45) is 11.8 Å². The number of carboxylic acid groups (broad SMARTS) is 1. The molecule has 0 rings (SSSR count). The molecule has 0 heterocycles. The standard InChI is InChI=1S/C13H25NO3/c1-4-6-11(7-5-2)12(15)14-9-8-10(3)13(16)17/h10-11H,4-9H2,1-3H3,(H,14,15)(H,16,17). The van der Waals surface area contributed by atoms with Gasteiger partial charge in [-0.15, -0.1) is 0 Å². The van der Waals surface area contributed by atoms with Crippen LogP contribution < -0.4 is 5.32 Å². The van der Waals surface area contributed by atoms with Gasteiger partial charge in [-0.1, -0.05) is 33.6 Å². The number of carbonyl (C=O) groups is 2. The molecule has 1 atom stereocenters. The minimum absolute atomic E-state index is 0.0753. The number of aliphatic carboxylic acids is 1. The van der Waals surface area contributed by atoms with E-state index in [0.29, 0.717) is 13.0 Å². The van der Waals surface area contributed by atoms with Gasteiger partial charge in [0.1, 0.15) is 0 Å². The molecule has 1 amide bonds. The summed E-state index contributed by atoms with van der Waals surface area (Å²) >= 11 is 0. The summed E-state index contributed by atoms with van der Waals surface area (Å²) < 4.78 is 0. The van der Waals surface area contributed by atoms with E-state index in [9.17, 15) is 9.59 Å². The van der Waals surface area contributed by atoms with Crippen LogP contribution in [0.5, 0.6) is 0 Å². The molecule has 0 aromatic rings. The highest BCUT2D eigenvalue weighted by Crippen LogP contribution is 2.13. The molecule has 4 nitrogen and oxygen atoms in total. The molecule has 100 valence electrons. The number of nitrogens with one attached hydrogen (secondary N) is 1. The van der Waals surface area contributed by atoms with E-state index in [2.05, 4.69) is 19.2 Å². The van der Waals surface area contributed by atoms with Crippen LogP contribution in [0.2, 0.25) is 0 Å². The maximum Gasteiger partial charge on any atom is 0.306 e. The maximum atomic E-state index is 11.8. The summed E-state index contributed by atoms with van der Waals surface area (Å²) in [4.78, 5) is 22.4. The molecule has 0 bridgehead atoms. The van der Waals surface area contributed by atoms with Gasteiger partial charge >= 0.3 is 5.97 Å². The Kier molecular flexibility index (Phi) is 8.46. The molecule has 1 unspecified atom stereocenters. The van der Waals surface area contributed by atoms with Gasteiger partial charge in [0.2, 0.25) is 5.91 Å². The fourth-order valence-electron chi connectivity index (χ4n) is 1.78. The molecule has 0 saturated heterocycles. The Balaban J connectivity index is 3.92. The van der Waals surface area contributed by atoms with E-state index in [4.69, 9.17) is 5.11 Å². The predicted molar refractivity (Wildman–Crippen MR) is 67.7 cm³/mol. The molecule has 17 heavy (non-hydrogen) atoms. The first-order valence-corrected chi connectivity index (χ1v) is 6.53. The van der Waals surface area contributed by atoms with Crippen LogP contribution in [0.4, 0.5) is 0 Å². The number of hydrogen-bond donors (Lipinski definition) is 2. The van der Waals surface area contributed by atoms with Crippen molar-refractivity contribution in [1.82, 2.24) is 5.32 Å². The lowest BCUT2D eigenvalue weighted by molar-refractivity contribution is -0.141. The zero-order valence-corrected chi connectivity index (χ0v) is 11.2. The molecule has 4 heteroatoms. The Hall–Kier alpha value is -1.06. The fraction of sp³-hybridized carbons (Fsp3) is 0.846. The monoisotopic (exact) mass is 243 g/mol. The normalized spacial score (nSPS) is 12.5. The molecule has 0 aliphatic carbocycles. The maximum absolute atomic E-state index is 11.8. The van der Waals surface area contributed by atoms with Crippen LogP contribution in [0.3, 0.4) is 0 Å². The van der Waals surface area contributed by atoms with Crippen LogP contribution >= 0.6 is 0 Å². The summed E-state index contributed by atoms with van der Waals surface area (Å²) in [6, 6.07) is 0. The minimum atomic E-state index is -0.807. The first-order valence-electron chi connectivity index (χ1n) is 6.53. The minimum Gasteiger partial charge on any atom is -0.481 e. The summed E-state index contributed by atoms with van der Waals surface area (Å²) in [5.74, 6) is -1.04. The lowest BCUT2D eigenvalue weighted by Gasteiger charge is -2.15. The lowest BCUT2D eigenvalue weighted by Crippen LogP contribution is -2.32. The van der Waals surface area contributed by atoms with Crippen molar-refractivity contribution in [2.45, 2.75) is 52.9 Å². The zero-order chi connectivity index (χ0) is 13.3. The topological polar surface area (TPSA) is 66.4 Å². The van der Waals surface area contributed by atoms with E-state index in [1.54, 1.807) is 6.92 Å². The molecule has 0 fully saturated rings. The number of carboxylic acids is 1. The smallest absolute Gasteiger partial charge is 0.306 e. The van der Waals surface area contributed by atoms with Crippen LogP contribution in [0.1, 0.15) is 52.9 Å². The van der Waals surface area contributed by atoms with Gasteiger partial charge in [0.25, 0.3) is 0 Å². The van der Waals surface area contributed by atoms with Crippen molar-refractivity contribution in [3.05, 3.63) is 0 Å². The summed E-state index contributed by atoms with van der Waals surface area (Å²) in [6.07, 6.45) is 4.32. The summed E-state index contributed by atoms with van der Waals surface area (Å²) in [5, 5.41) is 11.5. The number of rotatable bonds is 9. The van der Waals surface area contributed by atoms with Gasteiger partial charge < -0.3 is 10.4 Å². The first kappa shape index (κ1) is 15.9. The van der Waals surface area contributed by atoms with Crippen LogP contribution in [-0.2, 0) is 9.59 Å². The van der Waals surface area contributed by atoms with Crippen molar-refractivity contribution in [3.8, 4) is 0 Å². The second-order valence-electron chi connectivity index (χ2n) is 4.59. The summed E-state index contributed by atoms with van der Waals surface area (Å²) in [7, 11) is 0. The molecule has 0 saturated carbocycles. The van der Waals surface area contributed by atoms with Crippen LogP contribution in [0, 0.1) is 11.8 Å². The SMILES string of the molecule is CCCC(CCC)C(=O)NCCC(C)C(=O)O.